The molecule has 1 aromatic rings. The summed E-state index contributed by atoms with van der Waals surface area (Å²) in [5, 5.41) is 2.82. The van der Waals surface area contributed by atoms with Crippen LogP contribution in [0.2, 0.25) is 0 Å². The average Bonchev–Trinajstić information content (AvgIpc) is 3.40. The molecule has 138 valence electrons. The van der Waals surface area contributed by atoms with Gasteiger partial charge in [0.2, 0.25) is 0 Å². The fourth-order valence-electron chi connectivity index (χ4n) is 2.18. The van der Waals surface area contributed by atoms with Crippen LogP contribution in [0.4, 0.5) is 0 Å². The molecule has 1 amide bonds. The van der Waals surface area contributed by atoms with E-state index >= 15 is 0 Å². The summed E-state index contributed by atoms with van der Waals surface area (Å²) in [5.74, 6) is 0.287. The van der Waals surface area contributed by atoms with E-state index in [0.29, 0.717) is 30.3 Å². The second-order valence-electron chi connectivity index (χ2n) is 6.13. The Hall–Kier alpha value is -2.24. The molecule has 1 atom stereocenters. The number of hydrogen-bond donors (Lipinski definition) is 1. The molecule has 1 aliphatic carbocycles. The highest BCUT2D eigenvalue weighted by Crippen LogP contribution is 2.29. The van der Waals surface area contributed by atoms with E-state index in [-0.39, 0.29) is 11.9 Å². The summed E-state index contributed by atoms with van der Waals surface area (Å²) in [6.07, 6.45) is 3.13. The fraction of sp³-hybridized carbons (Fsp3) is 0.579. The standard InChI is InChI=1S/C19H27NO5/c1-4-6-11-24-16-10-7-14(12-17(16)23-5-2)19(22)25-13(3)18(21)20-15-8-9-15/h7,10,12-13,15H,4-6,8-9,11H2,1-3H3,(H,20,21)/t13-/m1/s1. The number of benzene rings is 1. The van der Waals surface area contributed by atoms with Crippen LogP contribution in [-0.2, 0) is 9.53 Å². The maximum Gasteiger partial charge on any atom is 0.339 e. The predicted molar refractivity (Wildman–Crippen MR) is 94.1 cm³/mol. The minimum absolute atomic E-state index is 0.234. The summed E-state index contributed by atoms with van der Waals surface area (Å²) in [6, 6.07) is 5.15. The number of unbranched alkanes of at least 4 members (excludes halogenated alkanes) is 1. The van der Waals surface area contributed by atoms with Crippen LogP contribution in [0.5, 0.6) is 11.5 Å². The molecule has 0 bridgehead atoms. The van der Waals surface area contributed by atoms with Gasteiger partial charge in [-0.15, -0.1) is 0 Å². The molecule has 0 radical (unpaired) electrons. The molecule has 0 heterocycles. The van der Waals surface area contributed by atoms with Crippen molar-refractivity contribution in [2.45, 2.75) is 58.6 Å². The summed E-state index contributed by atoms with van der Waals surface area (Å²) in [4.78, 5) is 24.2. The summed E-state index contributed by atoms with van der Waals surface area (Å²) in [5.41, 5.74) is 0.331. The normalized spacial score (nSPS) is 14.5. The molecule has 0 aliphatic heterocycles. The van der Waals surface area contributed by atoms with Gasteiger partial charge in [-0.1, -0.05) is 13.3 Å². The van der Waals surface area contributed by atoms with Crippen LogP contribution in [-0.4, -0.2) is 37.2 Å². The van der Waals surface area contributed by atoms with Crippen molar-refractivity contribution >= 4 is 11.9 Å². The maximum absolute atomic E-state index is 12.3. The average molecular weight is 349 g/mol. The Bertz CT molecular complexity index is 597. The molecular formula is C19H27NO5. The Morgan fingerprint density at radius 3 is 2.60 bits per heavy atom. The van der Waals surface area contributed by atoms with Gasteiger partial charge in [0, 0.05) is 6.04 Å². The van der Waals surface area contributed by atoms with Gasteiger partial charge in [-0.3, -0.25) is 4.79 Å². The Balaban J connectivity index is 1.99. The molecule has 1 saturated carbocycles. The van der Waals surface area contributed by atoms with E-state index in [1.165, 1.54) is 0 Å². The van der Waals surface area contributed by atoms with Gasteiger partial charge in [0.25, 0.3) is 5.91 Å². The zero-order chi connectivity index (χ0) is 18.2. The first-order valence-corrected chi connectivity index (χ1v) is 8.96. The third kappa shape index (κ3) is 5.96. The van der Waals surface area contributed by atoms with Gasteiger partial charge >= 0.3 is 5.97 Å². The van der Waals surface area contributed by atoms with Crippen LogP contribution in [0.1, 0.15) is 56.8 Å². The molecule has 0 unspecified atom stereocenters. The largest absolute Gasteiger partial charge is 0.490 e. The molecule has 1 aliphatic rings. The zero-order valence-electron chi connectivity index (χ0n) is 15.2. The zero-order valence-corrected chi connectivity index (χ0v) is 15.2. The first kappa shape index (κ1) is 19.1. The smallest absolute Gasteiger partial charge is 0.339 e. The van der Waals surface area contributed by atoms with E-state index in [0.717, 1.165) is 25.7 Å². The van der Waals surface area contributed by atoms with Crippen LogP contribution in [0.3, 0.4) is 0 Å². The number of esters is 1. The quantitative estimate of drug-likeness (QED) is 0.519. The molecule has 0 spiro atoms. The van der Waals surface area contributed by atoms with Gasteiger partial charge in [0.1, 0.15) is 0 Å². The van der Waals surface area contributed by atoms with Gasteiger partial charge in [0.15, 0.2) is 17.6 Å². The van der Waals surface area contributed by atoms with Gasteiger partial charge in [-0.2, -0.15) is 0 Å². The lowest BCUT2D eigenvalue weighted by atomic mass is 10.2. The maximum atomic E-state index is 12.3. The molecular weight excluding hydrogens is 322 g/mol. The molecule has 6 heteroatoms. The van der Waals surface area contributed by atoms with Crippen molar-refractivity contribution in [3.63, 3.8) is 0 Å². The van der Waals surface area contributed by atoms with Crippen molar-refractivity contribution in [3.8, 4) is 11.5 Å². The molecule has 1 fully saturated rings. The second kappa shape index (κ2) is 9.30. The Kier molecular flexibility index (Phi) is 7.10. The molecule has 6 nitrogen and oxygen atoms in total. The van der Waals surface area contributed by atoms with Crippen molar-refractivity contribution in [1.29, 1.82) is 0 Å². The minimum atomic E-state index is -0.830. The number of carbonyl (C=O) groups excluding carboxylic acids is 2. The number of ether oxygens (including phenoxy) is 3. The van der Waals surface area contributed by atoms with Gasteiger partial charge in [-0.05, 0) is 51.3 Å². The van der Waals surface area contributed by atoms with Crippen LogP contribution >= 0.6 is 0 Å². The van der Waals surface area contributed by atoms with Crippen molar-refractivity contribution in [2.75, 3.05) is 13.2 Å². The van der Waals surface area contributed by atoms with Crippen molar-refractivity contribution in [2.24, 2.45) is 0 Å². The third-order valence-corrected chi connectivity index (χ3v) is 3.81. The van der Waals surface area contributed by atoms with E-state index in [1.54, 1.807) is 25.1 Å². The second-order valence-corrected chi connectivity index (χ2v) is 6.13. The van der Waals surface area contributed by atoms with E-state index in [9.17, 15) is 9.59 Å². The number of amides is 1. The topological polar surface area (TPSA) is 73.9 Å². The van der Waals surface area contributed by atoms with Crippen LogP contribution in [0.25, 0.3) is 0 Å². The van der Waals surface area contributed by atoms with Gasteiger partial charge in [0.05, 0.1) is 18.8 Å². The lowest BCUT2D eigenvalue weighted by Gasteiger charge is -2.15. The molecule has 1 aromatic carbocycles. The molecule has 1 N–H and O–H groups in total. The van der Waals surface area contributed by atoms with Gasteiger partial charge in [-0.25, -0.2) is 4.79 Å². The van der Waals surface area contributed by atoms with Crippen molar-refractivity contribution < 1.29 is 23.8 Å². The van der Waals surface area contributed by atoms with E-state index in [1.807, 2.05) is 6.92 Å². The highest BCUT2D eigenvalue weighted by atomic mass is 16.5. The monoisotopic (exact) mass is 349 g/mol. The summed E-state index contributed by atoms with van der Waals surface area (Å²) < 4.78 is 16.5. The summed E-state index contributed by atoms with van der Waals surface area (Å²) in [7, 11) is 0. The van der Waals surface area contributed by atoms with E-state index in [4.69, 9.17) is 14.2 Å². The number of rotatable bonds is 10. The Morgan fingerprint density at radius 1 is 1.20 bits per heavy atom. The van der Waals surface area contributed by atoms with E-state index < -0.39 is 12.1 Å². The van der Waals surface area contributed by atoms with Crippen LogP contribution in [0.15, 0.2) is 18.2 Å². The molecule has 2 rings (SSSR count). The lowest BCUT2D eigenvalue weighted by molar-refractivity contribution is -0.129. The minimum Gasteiger partial charge on any atom is -0.490 e. The SMILES string of the molecule is CCCCOc1ccc(C(=O)O[C@H](C)C(=O)NC2CC2)cc1OCC. The highest BCUT2D eigenvalue weighted by molar-refractivity contribution is 5.93. The Morgan fingerprint density at radius 2 is 1.96 bits per heavy atom. The highest BCUT2D eigenvalue weighted by Gasteiger charge is 2.27. The third-order valence-electron chi connectivity index (χ3n) is 3.81. The summed E-state index contributed by atoms with van der Waals surface area (Å²) in [6.45, 7) is 6.58. The fourth-order valence-corrected chi connectivity index (χ4v) is 2.18. The van der Waals surface area contributed by atoms with Crippen LogP contribution in [0, 0.1) is 0 Å². The molecule has 0 saturated heterocycles. The van der Waals surface area contributed by atoms with Crippen molar-refractivity contribution in [3.05, 3.63) is 23.8 Å². The van der Waals surface area contributed by atoms with Crippen molar-refractivity contribution in [1.82, 2.24) is 5.32 Å². The number of hydrogen-bond acceptors (Lipinski definition) is 5. The number of nitrogens with one attached hydrogen (secondary N) is 1. The lowest BCUT2D eigenvalue weighted by Crippen LogP contribution is -2.37. The first-order valence-electron chi connectivity index (χ1n) is 8.96. The van der Waals surface area contributed by atoms with Crippen LogP contribution < -0.4 is 14.8 Å². The molecule has 25 heavy (non-hydrogen) atoms. The first-order chi connectivity index (χ1) is 12.0. The predicted octanol–water partition coefficient (Wildman–Crippen LogP) is 3.09. The van der Waals surface area contributed by atoms with E-state index in [2.05, 4.69) is 12.2 Å². The number of carbonyl (C=O) groups is 2. The Labute approximate surface area is 148 Å². The summed E-state index contributed by atoms with van der Waals surface area (Å²) >= 11 is 0. The molecule has 0 aromatic heterocycles. The van der Waals surface area contributed by atoms with Gasteiger partial charge < -0.3 is 19.5 Å².